The van der Waals surface area contributed by atoms with Crippen molar-refractivity contribution in [3.05, 3.63) is 18.7 Å². The second-order valence-corrected chi connectivity index (χ2v) is 3.89. The van der Waals surface area contributed by atoms with Gasteiger partial charge in [0.15, 0.2) is 0 Å². The summed E-state index contributed by atoms with van der Waals surface area (Å²) in [6.07, 6.45) is 9.54. The molecule has 0 N–H and O–H groups in total. The molecule has 1 aromatic heterocycles. The lowest BCUT2D eigenvalue weighted by Gasteiger charge is -2.26. The SMILES string of the molecule is CCCCC(C)(C)n1ccnc1. The molecule has 0 spiro atoms. The fraction of sp³-hybridized carbons (Fsp3) is 0.700. The molecule has 1 aromatic rings. The highest BCUT2D eigenvalue weighted by Crippen LogP contribution is 2.21. The highest BCUT2D eigenvalue weighted by molar-refractivity contribution is 4.85. The number of hydrogen-bond donors (Lipinski definition) is 0. The van der Waals surface area contributed by atoms with Crippen LogP contribution in [-0.4, -0.2) is 9.55 Å². The molecule has 1 heterocycles. The fourth-order valence-electron chi connectivity index (χ4n) is 1.36. The van der Waals surface area contributed by atoms with Crippen LogP contribution in [0.4, 0.5) is 0 Å². The topological polar surface area (TPSA) is 17.8 Å². The van der Waals surface area contributed by atoms with Crippen LogP contribution in [0, 0.1) is 0 Å². The first-order valence-corrected chi connectivity index (χ1v) is 4.65. The maximum atomic E-state index is 4.06. The average Bonchev–Trinajstić information content (AvgIpc) is 2.53. The molecular weight excluding hydrogens is 148 g/mol. The lowest BCUT2D eigenvalue weighted by molar-refractivity contribution is 0.317. The van der Waals surface area contributed by atoms with Gasteiger partial charge in [-0.3, -0.25) is 0 Å². The molecule has 0 aliphatic rings. The second-order valence-electron chi connectivity index (χ2n) is 3.89. The Hall–Kier alpha value is -0.790. The summed E-state index contributed by atoms with van der Waals surface area (Å²) in [4.78, 5) is 4.06. The minimum absolute atomic E-state index is 0.229. The number of imidazole rings is 1. The molecule has 0 atom stereocenters. The van der Waals surface area contributed by atoms with Gasteiger partial charge in [0.2, 0.25) is 0 Å². The van der Waals surface area contributed by atoms with Crippen molar-refractivity contribution in [2.75, 3.05) is 0 Å². The summed E-state index contributed by atoms with van der Waals surface area (Å²) in [6, 6.07) is 0. The molecule has 2 heteroatoms. The summed E-state index contributed by atoms with van der Waals surface area (Å²) in [7, 11) is 0. The van der Waals surface area contributed by atoms with Crippen LogP contribution >= 0.6 is 0 Å². The third-order valence-electron chi connectivity index (χ3n) is 2.35. The van der Waals surface area contributed by atoms with Gasteiger partial charge in [-0.25, -0.2) is 4.98 Å². The molecule has 0 aliphatic carbocycles. The number of unbranched alkanes of at least 4 members (excludes halogenated alkanes) is 1. The van der Waals surface area contributed by atoms with Crippen LogP contribution in [0.25, 0.3) is 0 Å². The summed E-state index contributed by atoms with van der Waals surface area (Å²) in [5.41, 5.74) is 0.229. The van der Waals surface area contributed by atoms with Crippen LogP contribution in [0.1, 0.15) is 40.0 Å². The molecule has 68 valence electrons. The molecule has 0 saturated carbocycles. The van der Waals surface area contributed by atoms with Crippen molar-refractivity contribution in [1.82, 2.24) is 9.55 Å². The van der Waals surface area contributed by atoms with E-state index >= 15 is 0 Å². The Kier molecular flexibility index (Phi) is 2.90. The van der Waals surface area contributed by atoms with Crippen LogP contribution in [0.5, 0.6) is 0 Å². The highest BCUT2D eigenvalue weighted by Gasteiger charge is 2.17. The largest absolute Gasteiger partial charge is 0.332 e. The Morgan fingerprint density at radius 3 is 2.67 bits per heavy atom. The second kappa shape index (κ2) is 3.74. The molecule has 0 saturated heterocycles. The van der Waals surface area contributed by atoms with Crippen LogP contribution in [0.15, 0.2) is 18.7 Å². The van der Waals surface area contributed by atoms with Gasteiger partial charge in [-0.05, 0) is 20.3 Å². The molecule has 0 unspecified atom stereocenters. The zero-order valence-corrected chi connectivity index (χ0v) is 8.25. The average molecular weight is 166 g/mol. The molecule has 0 aromatic carbocycles. The summed E-state index contributed by atoms with van der Waals surface area (Å²) < 4.78 is 2.18. The molecule has 0 amide bonds. The first-order valence-electron chi connectivity index (χ1n) is 4.65. The Bertz CT molecular complexity index is 212. The van der Waals surface area contributed by atoms with E-state index in [1.54, 1.807) is 0 Å². The van der Waals surface area contributed by atoms with Crippen molar-refractivity contribution in [2.24, 2.45) is 0 Å². The fourth-order valence-corrected chi connectivity index (χ4v) is 1.36. The van der Waals surface area contributed by atoms with Crippen LogP contribution in [0.3, 0.4) is 0 Å². The van der Waals surface area contributed by atoms with Gasteiger partial charge >= 0.3 is 0 Å². The molecule has 0 bridgehead atoms. The zero-order chi connectivity index (χ0) is 9.03. The minimum Gasteiger partial charge on any atom is -0.332 e. The maximum Gasteiger partial charge on any atom is 0.0950 e. The van der Waals surface area contributed by atoms with Gasteiger partial charge in [-0.1, -0.05) is 19.8 Å². The molecular formula is C10H18N2. The van der Waals surface area contributed by atoms with Gasteiger partial charge in [0.05, 0.1) is 6.33 Å². The molecule has 0 fully saturated rings. The Balaban J connectivity index is 2.59. The van der Waals surface area contributed by atoms with E-state index < -0.39 is 0 Å². The number of nitrogens with zero attached hydrogens (tertiary/aromatic N) is 2. The summed E-state index contributed by atoms with van der Waals surface area (Å²) in [6.45, 7) is 6.73. The lowest BCUT2D eigenvalue weighted by atomic mass is 9.97. The normalized spacial score (nSPS) is 11.9. The molecule has 1 rings (SSSR count). The molecule has 0 aliphatic heterocycles. The standard InChI is InChI=1S/C10H18N2/c1-4-5-6-10(2,3)12-8-7-11-9-12/h7-9H,4-6H2,1-3H3. The molecule has 2 nitrogen and oxygen atoms in total. The summed E-state index contributed by atoms with van der Waals surface area (Å²) >= 11 is 0. The number of aromatic nitrogens is 2. The van der Waals surface area contributed by atoms with Crippen LogP contribution in [0.2, 0.25) is 0 Å². The van der Waals surface area contributed by atoms with Crippen LogP contribution < -0.4 is 0 Å². The van der Waals surface area contributed by atoms with Crippen molar-refractivity contribution in [1.29, 1.82) is 0 Å². The van der Waals surface area contributed by atoms with Crippen LogP contribution in [-0.2, 0) is 5.54 Å². The number of rotatable bonds is 4. The Morgan fingerprint density at radius 2 is 2.17 bits per heavy atom. The molecule has 0 radical (unpaired) electrons. The lowest BCUT2D eigenvalue weighted by Crippen LogP contribution is -2.24. The number of hydrogen-bond acceptors (Lipinski definition) is 1. The summed E-state index contributed by atoms with van der Waals surface area (Å²) in [5.74, 6) is 0. The Labute approximate surface area is 74.6 Å². The monoisotopic (exact) mass is 166 g/mol. The third-order valence-corrected chi connectivity index (χ3v) is 2.35. The predicted octanol–water partition coefficient (Wildman–Crippen LogP) is 2.81. The van der Waals surface area contributed by atoms with E-state index in [1.165, 1.54) is 19.3 Å². The van der Waals surface area contributed by atoms with Gasteiger partial charge in [0.1, 0.15) is 0 Å². The van der Waals surface area contributed by atoms with Gasteiger partial charge in [0, 0.05) is 17.9 Å². The van der Waals surface area contributed by atoms with Gasteiger partial charge in [0.25, 0.3) is 0 Å². The Morgan fingerprint density at radius 1 is 1.42 bits per heavy atom. The smallest absolute Gasteiger partial charge is 0.0950 e. The van der Waals surface area contributed by atoms with Gasteiger partial charge in [-0.2, -0.15) is 0 Å². The van der Waals surface area contributed by atoms with Gasteiger partial charge in [-0.15, -0.1) is 0 Å². The van der Waals surface area contributed by atoms with Crippen molar-refractivity contribution in [2.45, 2.75) is 45.6 Å². The van der Waals surface area contributed by atoms with Crippen molar-refractivity contribution in [3.63, 3.8) is 0 Å². The van der Waals surface area contributed by atoms with E-state index in [2.05, 4.69) is 30.3 Å². The predicted molar refractivity (Wildman–Crippen MR) is 51.1 cm³/mol. The van der Waals surface area contributed by atoms with Crippen molar-refractivity contribution in [3.8, 4) is 0 Å². The van der Waals surface area contributed by atoms with E-state index in [4.69, 9.17) is 0 Å². The minimum atomic E-state index is 0.229. The van der Waals surface area contributed by atoms with Crippen molar-refractivity contribution >= 4 is 0 Å². The van der Waals surface area contributed by atoms with E-state index in [0.29, 0.717) is 0 Å². The zero-order valence-electron chi connectivity index (χ0n) is 8.25. The van der Waals surface area contributed by atoms with E-state index in [-0.39, 0.29) is 5.54 Å². The quantitative estimate of drug-likeness (QED) is 0.672. The molecule has 12 heavy (non-hydrogen) atoms. The third kappa shape index (κ3) is 2.10. The first-order chi connectivity index (χ1) is 5.67. The first kappa shape index (κ1) is 9.30. The summed E-state index contributed by atoms with van der Waals surface area (Å²) in [5, 5.41) is 0. The van der Waals surface area contributed by atoms with E-state index in [0.717, 1.165) is 0 Å². The highest BCUT2D eigenvalue weighted by atomic mass is 15.1. The maximum absolute atomic E-state index is 4.06. The van der Waals surface area contributed by atoms with E-state index in [1.807, 2.05) is 18.7 Å². The van der Waals surface area contributed by atoms with Crippen molar-refractivity contribution < 1.29 is 0 Å². The van der Waals surface area contributed by atoms with Gasteiger partial charge < -0.3 is 4.57 Å². The van der Waals surface area contributed by atoms with E-state index in [9.17, 15) is 0 Å².